The molecule has 0 aromatic carbocycles. The number of amides is 1. The molecule has 0 saturated carbocycles. The van der Waals surface area contributed by atoms with E-state index in [2.05, 4.69) is 9.71 Å². The summed E-state index contributed by atoms with van der Waals surface area (Å²) in [5.74, 6) is -0.774. The van der Waals surface area contributed by atoms with Gasteiger partial charge in [-0.05, 0) is 30.4 Å². The largest absolute Gasteiger partial charge is 0.289 e. The maximum atomic E-state index is 12.7. The minimum Gasteiger partial charge on any atom is -0.289 e. The van der Waals surface area contributed by atoms with Crippen molar-refractivity contribution in [2.45, 2.75) is 49.8 Å². The highest BCUT2D eigenvalue weighted by Crippen LogP contribution is 2.30. The standard InChI is InChI=1S/C16H26N4O4S2/c1-16(2,3)14(15(21)18-22)19-26(23,24)20-10-6-13(7-11-20)25-12-4-8-17-9-5-12/h4-5,8-9,13-14,19,22H,6-7,10-11H2,1-3H3,(H,18,21). The van der Waals surface area contributed by atoms with Crippen molar-refractivity contribution in [1.82, 2.24) is 19.5 Å². The zero-order valence-corrected chi connectivity index (χ0v) is 16.8. The number of pyridine rings is 1. The molecule has 1 fully saturated rings. The first kappa shape index (κ1) is 21.1. The summed E-state index contributed by atoms with van der Waals surface area (Å²) in [5.41, 5.74) is 0.854. The Hall–Kier alpha value is -1.20. The second-order valence-electron chi connectivity index (χ2n) is 7.30. The van der Waals surface area contributed by atoms with E-state index in [0.29, 0.717) is 18.3 Å². The fourth-order valence-electron chi connectivity index (χ4n) is 2.71. The molecule has 1 unspecified atom stereocenters. The number of hydrogen-bond donors (Lipinski definition) is 3. The van der Waals surface area contributed by atoms with Crippen LogP contribution in [0, 0.1) is 5.41 Å². The number of piperidine rings is 1. The minimum atomic E-state index is -3.82. The van der Waals surface area contributed by atoms with E-state index in [-0.39, 0.29) is 0 Å². The molecule has 0 radical (unpaired) electrons. The van der Waals surface area contributed by atoms with E-state index in [1.54, 1.807) is 44.9 Å². The number of nitrogens with one attached hydrogen (secondary N) is 2. The number of carbonyl (C=O) groups is 1. The van der Waals surface area contributed by atoms with Gasteiger partial charge in [-0.15, -0.1) is 11.8 Å². The van der Waals surface area contributed by atoms with Gasteiger partial charge in [0.25, 0.3) is 16.1 Å². The fraction of sp³-hybridized carbons (Fsp3) is 0.625. The van der Waals surface area contributed by atoms with Gasteiger partial charge in [-0.25, -0.2) is 5.48 Å². The lowest BCUT2D eigenvalue weighted by Gasteiger charge is -2.34. The number of hydrogen-bond acceptors (Lipinski definition) is 6. The number of rotatable bonds is 6. The maximum absolute atomic E-state index is 12.7. The van der Waals surface area contributed by atoms with Gasteiger partial charge in [0.1, 0.15) is 6.04 Å². The summed E-state index contributed by atoms with van der Waals surface area (Å²) in [4.78, 5) is 17.0. The molecule has 0 aliphatic carbocycles. The minimum absolute atomic E-state index is 0.336. The predicted octanol–water partition coefficient (Wildman–Crippen LogP) is 1.39. The number of thioether (sulfide) groups is 1. The van der Waals surface area contributed by atoms with E-state index in [4.69, 9.17) is 5.21 Å². The molecule has 10 heteroatoms. The van der Waals surface area contributed by atoms with Gasteiger partial charge >= 0.3 is 0 Å². The summed E-state index contributed by atoms with van der Waals surface area (Å²) in [5, 5.41) is 9.23. The summed E-state index contributed by atoms with van der Waals surface area (Å²) in [7, 11) is -3.82. The van der Waals surface area contributed by atoms with Gasteiger partial charge in [0, 0.05) is 35.6 Å². The Morgan fingerprint density at radius 1 is 1.31 bits per heavy atom. The van der Waals surface area contributed by atoms with E-state index in [1.165, 1.54) is 9.79 Å². The van der Waals surface area contributed by atoms with Gasteiger partial charge in [0.2, 0.25) is 0 Å². The van der Waals surface area contributed by atoms with Crippen molar-refractivity contribution in [2.24, 2.45) is 5.41 Å². The van der Waals surface area contributed by atoms with Crippen LogP contribution in [0.1, 0.15) is 33.6 Å². The van der Waals surface area contributed by atoms with Crippen molar-refractivity contribution in [2.75, 3.05) is 13.1 Å². The lowest BCUT2D eigenvalue weighted by molar-refractivity contribution is -0.133. The zero-order valence-electron chi connectivity index (χ0n) is 15.2. The van der Waals surface area contributed by atoms with Crippen LogP contribution < -0.4 is 10.2 Å². The van der Waals surface area contributed by atoms with E-state index < -0.39 is 27.6 Å². The molecule has 1 amide bonds. The Labute approximate surface area is 158 Å². The Kier molecular flexibility index (Phi) is 7.03. The van der Waals surface area contributed by atoms with Crippen LogP contribution in [-0.2, 0) is 15.0 Å². The van der Waals surface area contributed by atoms with Crippen LogP contribution in [0.5, 0.6) is 0 Å². The van der Waals surface area contributed by atoms with Crippen molar-refractivity contribution < 1.29 is 18.4 Å². The summed E-state index contributed by atoms with van der Waals surface area (Å²) < 4.78 is 29.1. The van der Waals surface area contributed by atoms with Crippen LogP contribution in [0.4, 0.5) is 0 Å². The highest BCUT2D eigenvalue weighted by atomic mass is 32.2. The van der Waals surface area contributed by atoms with Crippen molar-refractivity contribution in [3.63, 3.8) is 0 Å². The SMILES string of the molecule is CC(C)(C)C(NS(=O)(=O)N1CCC(Sc2ccncc2)CC1)C(=O)NO. The van der Waals surface area contributed by atoms with Crippen LogP contribution in [0.3, 0.4) is 0 Å². The lowest BCUT2D eigenvalue weighted by atomic mass is 9.87. The van der Waals surface area contributed by atoms with E-state index in [0.717, 1.165) is 17.7 Å². The Morgan fingerprint density at radius 3 is 2.38 bits per heavy atom. The Balaban J connectivity index is 1.97. The molecule has 8 nitrogen and oxygen atoms in total. The summed E-state index contributed by atoms with van der Waals surface area (Å²) in [6.07, 6.45) is 4.93. The molecule has 2 heterocycles. The van der Waals surface area contributed by atoms with Crippen molar-refractivity contribution in [1.29, 1.82) is 0 Å². The van der Waals surface area contributed by atoms with Crippen LogP contribution in [-0.4, -0.2) is 53.2 Å². The quantitative estimate of drug-likeness (QED) is 0.490. The first-order valence-corrected chi connectivity index (χ1v) is 10.7. The molecule has 146 valence electrons. The lowest BCUT2D eigenvalue weighted by Crippen LogP contribution is -2.57. The van der Waals surface area contributed by atoms with Crippen LogP contribution >= 0.6 is 11.8 Å². The smallest absolute Gasteiger partial charge is 0.280 e. The molecule has 3 N–H and O–H groups in total. The fourth-order valence-corrected chi connectivity index (χ4v) is 5.42. The summed E-state index contributed by atoms with van der Waals surface area (Å²) >= 11 is 1.72. The first-order chi connectivity index (χ1) is 12.1. The normalized spacial score (nSPS) is 18.5. The molecule has 26 heavy (non-hydrogen) atoms. The molecule has 1 aliphatic rings. The average Bonchev–Trinajstić information content (AvgIpc) is 2.59. The predicted molar refractivity (Wildman–Crippen MR) is 99.9 cm³/mol. The van der Waals surface area contributed by atoms with E-state index in [1.807, 2.05) is 12.1 Å². The number of nitrogens with zero attached hydrogens (tertiary/aromatic N) is 2. The van der Waals surface area contributed by atoms with Gasteiger partial charge in [0.15, 0.2) is 0 Å². The molecule has 0 spiro atoms. The highest BCUT2D eigenvalue weighted by Gasteiger charge is 2.38. The van der Waals surface area contributed by atoms with Gasteiger partial charge < -0.3 is 0 Å². The number of aromatic nitrogens is 1. The Morgan fingerprint density at radius 2 is 1.88 bits per heavy atom. The van der Waals surface area contributed by atoms with E-state index >= 15 is 0 Å². The molecule has 2 rings (SSSR count). The van der Waals surface area contributed by atoms with Gasteiger partial charge in [-0.3, -0.25) is 15.0 Å². The molecule has 0 bridgehead atoms. The third kappa shape index (κ3) is 5.65. The molecule has 1 aliphatic heterocycles. The monoisotopic (exact) mass is 402 g/mol. The number of carbonyl (C=O) groups excluding carboxylic acids is 1. The van der Waals surface area contributed by atoms with Gasteiger partial charge in [0.05, 0.1) is 0 Å². The molecule has 1 aromatic heterocycles. The Bertz CT molecular complexity index is 699. The maximum Gasteiger partial charge on any atom is 0.280 e. The van der Waals surface area contributed by atoms with E-state index in [9.17, 15) is 13.2 Å². The second kappa shape index (κ2) is 8.66. The van der Waals surface area contributed by atoms with Gasteiger partial charge in [-0.1, -0.05) is 20.8 Å². The first-order valence-electron chi connectivity index (χ1n) is 8.41. The zero-order chi connectivity index (χ0) is 19.4. The molecule has 1 atom stereocenters. The number of hydroxylamine groups is 1. The second-order valence-corrected chi connectivity index (χ2v) is 10.4. The summed E-state index contributed by atoms with van der Waals surface area (Å²) in [6, 6.07) is 2.81. The van der Waals surface area contributed by atoms with Gasteiger partial charge in [-0.2, -0.15) is 17.4 Å². The topological polar surface area (TPSA) is 112 Å². The van der Waals surface area contributed by atoms with Crippen molar-refractivity contribution >= 4 is 27.9 Å². The molecular weight excluding hydrogens is 376 g/mol. The molecule has 1 saturated heterocycles. The van der Waals surface area contributed by atoms with Crippen LogP contribution in [0.15, 0.2) is 29.4 Å². The third-order valence-corrected chi connectivity index (χ3v) is 7.13. The summed E-state index contributed by atoms with van der Waals surface area (Å²) in [6.45, 7) is 5.96. The third-order valence-electron chi connectivity index (χ3n) is 4.20. The highest BCUT2D eigenvalue weighted by molar-refractivity contribution is 8.00. The molecular formula is C16H26N4O4S2. The average molecular weight is 403 g/mol. The van der Waals surface area contributed by atoms with Crippen LogP contribution in [0.25, 0.3) is 0 Å². The van der Waals surface area contributed by atoms with Crippen molar-refractivity contribution in [3.8, 4) is 0 Å². The van der Waals surface area contributed by atoms with Crippen LogP contribution in [0.2, 0.25) is 0 Å². The van der Waals surface area contributed by atoms with Crippen molar-refractivity contribution in [3.05, 3.63) is 24.5 Å². The molecule has 1 aromatic rings.